The molecule has 2 atom stereocenters. The molecule has 9 rings (SSSR count). The highest BCUT2D eigenvalue weighted by atomic mass is 16.6. The minimum Gasteiger partial charge on any atom is -0.382 e. The van der Waals surface area contributed by atoms with Crippen LogP contribution in [0.15, 0.2) is 71.9 Å². The van der Waals surface area contributed by atoms with Crippen molar-refractivity contribution in [3.63, 3.8) is 0 Å². The van der Waals surface area contributed by atoms with E-state index in [1.54, 1.807) is 22.9 Å². The molecule has 23 nitrogen and oxygen atoms in total. The van der Waals surface area contributed by atoms with Crippen LogP contribution >= 0.6 is 0 Å². The number of hydrogen-bond acceptors (Lipinski definition) is 16. The molecule has 4 aromatic heterocycles. The third-order valence-electron chi connectivity index (χ3n) is 16.7. The number of aromatic nitrogens is 6. The van der Waals surface area contributed by atoms with Gasteiger partial charge in [-0.3, -0.25) is 43.8 Å². The van der Waals surface area contributed by atoms with Gasteiger partial charge in [-0.25, -0.2) is 9.67 Å². The number of unbranched alkanes of at least 4 members (excludes halogenated alkanes) is 5. The fourth-order valence-corrected chi connectivity index (χ4v) is 11.6. The molecule has 23 heteroatoms. The van der Waals surface area contributed by atoms with Crippen molar-refractivity contribution in [2.24, 2.45) is 0 Å². The number of pyridine rings is 2. The lowest BCUT2D eigenvalue weighted by molar-refractivity contribution is -0.136. The van der Waals surface area contributed by atoms with E-state index in [0.717, 1.165) is 107 Å². The average Bonchev–Trinajstić information content (AvgIpc) is 1.76. The van der Waals surface area contributed by atoms with Gasteiger partial charge in [0.25, 0.3) is 23.3 Å². The fraction of sp³-hybridized carbons (Fsp3) is 0.508. The molecular weight excluding hydrogens is 1120 g/mol. The second-order valence-corrected chi connectivity index (χ2v) is 22.9. The standard InChI is InChI=1S/C65H84N12O11/c1-6-46(5)76-41-44(3)59-51(61(80)68-40-52-43(2)36-45(4)69-62(52)81)37-48(38-55(59)76)47-18-20-56(67-39-47)73-23-25-74(26-24-73)58(79)17-12-10-8-7-9-11-14-49-42-75(72-71-49)27-29-86-31-33-88-35-34-87-32-30-85-28-22-66-53-16-13-15-50-60(53)65(84)77(64(50)83)54-19-21-57(78)70-63(54)82/h13,15-16,18,20,36-39,41-42,46,54,66H,6-12,14,17,19,21-35,40H2,1-5H3,(H,68,80)(H,69,81)(H,70,78,82)/t46-,54?/m0/s1. The first-order valence-corrected chi connectivity index (χ1v) is 31.1. The van der Waals surface area contributed by atoms with Gasteiger partial charge >= 0.3 is 0 Å². The molecule has 6 amide bonds. The number of H-pyrrole nitrogens is 1. The van der Waals surface area contributed by atoms with E-state index < -0.39 is 29.7 Å². The molecular formula is C65H84N12O11. The van der Waals surface area contributed by atoms with Crippen molar-refractivity contribution in [2.75, 3.05) is 95.8 Å². The molecule has 3 aliphatic heterocycles. The lowest BCUT2D eigenvalue weighted by Gasteiger charge is -2.35. The number of nitrogens with one attached hydrogen (secondary N) is 4. The molecule has 88 heavy (non-hydrogen) atoms. The molecule has 470 valence electrons. The van der Waals surface area contributed by atoms with Gasteiger partial charge in [-0.2, -0.15) is 0 Å². The SMILES string of the molecule is CC[C@H](C)n1cc(C)c2c(C(=O)NCc3c(C)cc(C)[nH]c3=O)cc(-c3ccc(N4CCN(C(=O)CCCCCCCCc5cn(CCOCCOCCOCCOCCNc6cccc7c6C(=O)N(C6CCC(=O)NC6=O)C7=O)nn5)CC4)nc3)cc21. The summed E-state index contributed by atoms with van der Waals surface area (Å²) in [6.45, 7) is 17.2. The quantitative estimate of drug-likeness (QED) is 0.0238. The summed E-state index contributed by atoms with van der Waals surface area (Å²) < 4.78 is 26.6. The van der Waals surface area contributed by atoms with Crippen molar-refractivity contribution < 1.29 is 47.7 Å². The number of piperazine rings is 1. The van der Waals surface area contributed by atoms with Gasteiger partial charge in [-0.05, 0) is 119 Å². The third-order valence-corrected chi connectivity index (χ3v) is 16.7. The second-order valence-electron chi connectivity index (χ2n) is 22.9. The highest BCUT2D eigenvalue weighted by molar-refractivity contribution is 6.25. The highest BCUT2D eigenvalue weighted by Gasteiger charge is 2.45. The number of carbonyl (C=O) groups is 6. The average molecular weight is 1210 g/mol. The number of carbonyl (C=O) groups excluding carboxylic acids is 6. The van der Waals surface area contributed by atoms with Crippen LogP contribution < -0.4 is 26.4 Å². The largest absolute Gasteiger partial charge is 0.382 e. The zero-order chi connectivity index (χ0) is 62.1. The first-order valence-electron chi connectivity index (χ1n) is 31.1. The monoisotopic (exact) mass is 1210 g/mol. The Labute approximate surface area is 513 Å². The number of hydrogen-bond donors (Lipinski definition) is 4. The van der Waals surface area contributed by atoms with Gasteiger partial charge in [0.1, 0.15) is 11.9 Å². The Hall–Kier alpha value is -8.12. The van der Waals surface area contributed by atoms with E-state index in [1.165, 1.54) is 0 Å². The lowest BCUT2D eigenvalue weighted by Crippen LogP contribution is -2.54. The molecule has 2 saturated heterocycles. The van der Waals surface area contributed by atoms with Crippen LogP contribution in [-0.4, -0.2) is 166 Å². The van der Waals surface area contributed by atoms with Crippen LogP contribution in [0.5, 0.6) is 0 Å². The van der Waals surface area contributed by atoms with Crippen LogP contribution in [0.25, 0.3) is 22.0 Å². The van der Waals surface area contributed by atoms with E-state index >= 15 is 0 Å². The molecule has 0 aliphatic carbocycles. The summed E-state index contributed by atoms with van der Waals surface area (Å²) in [5, 5.41) is 17.9. The Bertz CT molecular complexity index is 3480. The van der Waals surface area contributed by atoms with Crippen molar-refractivity contribution in [2.45, 2.75) is 130 Å². The van der Waals surface area contributed by atoms with Crippen LogP contribution in [-0.2, 0) is 52.8 Å². The maximum Gasteiger partial charge on any atom is 0.264 e. The van der Waals surface area contributed by atoms with E-state index in [1.807, 2.05) is 56.3 Å². The van der Waals surface area contributed by atoms with E-state index in [-0.39, 0.29) is 53.9 Å². The molecule has 7 heterocycles. The second kappa shape index (κ2) is 31.2. The number of piperidine rings is 1. The zero-order valence-corrected chi connectivity index (χ0v) is 51.5. The predicted octanol–water partition coefficient (Wildman–Crippen LogP) is 7.01. The molecule has 4 N–H and O–H groups in total. The highest BCUT2D eigenvalue weighted by Crippen LogP contribution is 2.35. The summed E-state index contributed by atoms with van der Waals surface area (Å²) in [4.78, 5) is 103. The molecule has 0 spiro atoms. The van der Waals surface area contributed by atoms with Gasteiger partial charge < -0.3 is 48.9 Å². The van der Waals surface area contributed by atoms with Crippen molar-refractivity contribution >= 4 is 57.9 Å². The number of nitrogens with zero attached hydrogens (tertiary/aromatic N) is 8. The summed E-state index contributed by atoms with van der Waals surface area (Å²) >= 11 is 0. The first kappa shape index (κ1) is 64.4. The summed E-state index contributed by atoms with van der Waals surface area (Å²) in [5.41, 5.74) is 8.15. The Morgan fingerprint density at radius 2 is 1.49 bits per heavy atom. The van der Waals surface area contributed by atoms with Gasteiger partial charge in [0.15, 0.2) is 0 Å². The van der Waals surface area contributed by atoms with Crippen molar-refractivity contribution in [1.82, 2.24) is 50.0 Å². The van der Waals surface area contributed by atoms with Crippen molar-refractivity contribution in [1.29, 1.82) is 0 Å². The van der Waals surface area contributed by atoms with Crippen LogP contribution in [0, 0.1) is 20.8 Å². The van der Waals surface area contributed by atoms with Gasteiger partial charge in [-0.15, -0.1) is 5.10 Å². The van der Waals surface area contributed by atoms with Crippen LogP contribution in [0.4, 0.5) is 11.5 Å². The van der Waals surface area contributed by atoms with E-state index in [4.69, 9.17) is 23.9 Å². The van der Waals surface area contributed by atoms with Crippen LogP contribution in [0.1, 0.15) is 143 Å². The van der Waals surface area contributed by atoms with Crippen LogP contribution in [0.2, 0.25) is 0 Å². The number of amides is 6. The molecule has 0 bridgehead atoms. The Morgan fingerprint density at radius 3 is 2.19 bits per heavy atom. The molecule has 0 radical (unpaired) electrons. The third kappa shape index (κ3) is 16.3. The van der Waals surface area contributed by atoms with E-state index in [0.29, 0.717) is 115 Å². The molecule has 6 aromatic rings. The Balaban J connectivity index is 0.577. The normalized spacial score (nSPS) is 15.6. The Kier molecular flexibility index (Phi) is 22.8. The van der Waals surface area contributed by atoms with E-state index in [9.17, 15) is 33.6 Å². The van der Waals surface area contributed by atoms with Crippen LogP contribution in [0.3, 0.4) is 0 Å². The lowest BCUT2D eigenvalue weighted by atomic mass is 9.98. The van der Waals surface area contributed by atoms with Gasteiger partial charge in [-0.1, -0.05) is 43.9 Å². The number of fused-ring (bicyclic) bond motifs is 2. The number of aromatic amines is 1. The van der Waals surface area contributed by atoms with Gasteiger partial charge in [0.2, 0.25) is 17.7 Å². The number of anilines is 2. The van der Waals surface area contributed by atoms with Crippen molar-refractivity contribution in [3.05, 3.63) is 122 Å². The first-order chi connectivity index (χ1) is 42.7. The van der Waals surface area contributed by atoms with E-state index in [2.05, 4.69) is 72.9 Å². The summed E-state index contributed by atoms with van der Waals surface area (Å²) in [7, 11) is 0. The number of imide groups is 2. The summed E-state index contributed by atoms with van der Waals surface area (Å²) in [6.07, 6.45) is 14.7. The molecule has 3 aliphatic rings. The minimum absolute atomic E-state index is 0.0585. The fourth-order valence-electron chi connectivity index (χ4n) is 11.6. The molecule has 2 fully saturated rings. The summed E-state index contributed by atoms with van der Waals surface area (Å²) in [6, 6.07) is 14.2. The number of benzene rings is 2. The summed E-state index contributed by atoms with van der Waals surface area (Å²) in [5.74, 6) is -1.36. The predicted molar refractivity (Wildman–Crippen MR) is 332 cm³/mol. The van der Waals surface area contributed by atoms with Gasteiger partial charge in [0, 0.05) is 116 Å². The smallest absolute Gasteiger partial charge is 0.264 e. The minimum atomic E-state index is -1.02. The van der Waals surface area contributed by atoms with Crippen molar-refractivity contribution in [3.8, 4) is 11.1 Å². The topological polar surface area (TPSA) is 267 Å². The number of aryl methyl sites for hydroxylation is 4. The molecule has 0 saturated carbocycles. The van der Waals surface area contributed by atoms with Gasteiger partial charge in [0.05, 0.1) is 76.2 Å². The maximum atomic E-state index is 14.0. The number of ether oxygens (including phenoxy) is 4. The Morgan fingerprint density at radius 1 is 0.773 bits per heavy atom. The maximum absolute atomic E-state index is 14.0. The zero-order valence-electron chi connectivity index (χ0n) is 51.5. The molecule has 2 aromatic carbocycles. The number of rotatable bonds is 33. The molecule has 1 unspecified atom stereocenters.